The first kappa shape index (κ1) is 12.2. The average Bonchev–Trinajstić information content (AvgIpc) is 2.74. The maximum atomic E-state index is 11.5. The Morgan fingerprint density at radius 1 is 1.15 bits per heavy atom. The fourth-order valence-corrected chi connectivity index (χ4v) is 2.20. The highest BCUT2D eigenvalue weighted by Crippen LogP contribution is 2.26. The van der Waals surface area contributed by atoms with E-state index in [9.17, 15) is 14.9 Å². The van der Waals surface area contributed by atoms with Gasteiger partial charge >= 0.3 is 5.69 Å². The standard InChI is InChI=1S/C14H11N3O3/c1-16-13-8-10(5-6-12(13)15-14(16)18)9-3-2-4-11(7-9)17(19)20/h2-8H,1H3,(H,15,18). The smallest absolute Gasteiger partial charge is 0.306 e. The van der Waals surface area contributed by atoms with E-state index >= 15 is 0 Å². The van der Waals surface area contributed by atoms with Gasteiger partial charge in [0.15, 0.2) is 0 Å². The molecule has 1 N–H and O–H groups in total. The maximum Gasteiger partial charge on any atom is 0.326 e. The molecule has 0 saturated carbocycles. The van der Waals surface area contributed by atoms with Crippen molar-refractivity contribution in [2.75, 3.05) is 0 Å². The number of nitro groups is 1. The summed E-state index contributed by atoms with van der Waals surface area (Å²) in [5, 5.41) is 10.8. The van der Waals surface area contributed by atoms with Crippen LogP contribution >= 0.6 is 0 Å². The number of rotatable bonds is 2. The number of imidazole rings is 1. The molecule has 0 saturated heterocycles. The molecule has 20 heavy (non-hydrogen) atoms. The van der Waals surface area contributed by atoms with Crippen LogP contribution in [0.4, 0.5) is 5.69 Å². The monoisotopic (exact) mass is 269 g/mol. The summed E-state index contributed by atoms with van der Waals surface area (Å²) >= 11 is 0. The molecule has 2 aromatic carbocycles. The molecule has 1 aromatic heterocycles. The Morgan fingerprint density at radius 3 is 2.65 bits per heavy atom. The first-order valence-corrected chi connectivity index (χ1v) is 6.00. The fourth-order valence-electron chi connectivity index (χ4n) is 2.20. The van der Waals surface area contributed by atoms with Crippen LogP contribution in [0.5, 0.6) is 0 Å². The van der Waals surface area contributed by atoms with Gasteiger partial charge in [0.2, 0.25) is 0 Å². The van der Waals surface area contributed by atoms with Crippen molar-refractivity contribution in [3.05, 3.63) is 63.1 Å². The quantitative estimate of drug-likeness (QED) is 0.573. The number of aryl methyl sites for hydroxylation is 1. The average molecular weight is 269 g/mol. The van der Waals surface area contributed by atoms with E-state index in [-0.39, 0.29) is 11.4 Å². The van der Waals surface area contributed by atoms with Crippen LogP contribution in [0.25, 0.3) is 22.2 Å². The molecule has 0 bridgehead atoms. The number of hydrogen-bond donors (Lipinski definition) is 1. The van der Waals surface area contributed by atoms with E-state index < -0.39 is 4.92 Å². The molecule has 3 aromatic rings. The zero-order chi connectivity index (χ0) is 14.3. The van der Waals surface area contributed by atoms with Gasteiger partial charge in [0.05, 0.1) is 16.0 Å². The molecule has 0 radical (unpaired) electrons. The summed E-state index contributed by atoms with van der Waals surface area (Å²) in [5.74, 6) is 0. The van der Waals surface area contributed by atoms with Gasteiger partial charge in [-0.3, -0.25) is 14.7 Å². The fraction of sp³-hybridized carbons (Fsp3) is 0.0714. The summed E-state index contributed by atoms with van der Waals surface area (Å²) < 4.78 is 1.51. The molecule has 0 unspecified atom stereocenters. The van der Waals surface area contributed by atoms with Crippen LogP contribution < -0.4 is 5.69 Å². The maximum absolute atomic E-state index is 11.5. The van der Waals surface area contributed by atoms with Crippen LogP contribution in [-0.4, -0.2) is 14.5 Å². The Hall–Kier alpha value is -2.89. The van der Waals surface area contributed by atoms with Crippen molar-refractivity contribution >= 4 is 16.7 Å². The number of aromatic nitrogens is 2. The first-order chi connectivity index (χ1) is 9.56. The second-order valence-electron chi connectivity index (χ2n) is 4.53. The normalized spacial score (nSPS) is 10.8. The number of benzene rings is 2. The molecular weight excluding hydrogens is 258 g/mol. The van der Waals surface area contributed by atoms with Gasteiger partial charge in [0, 0.05) is 19.2 Å². The topological polar surface area (TPSA) is 80.9 Å². The molecule has 6 heteroatoms. The molecular formula is C14H11N3O3. The van der Waals surface area contributed by atoms with Gasteiger partial charge in [0.25, 0.3) is 5.69 Å². The first-order valence-electron chi connectivity index (χ1n) is 6.00. The predicted molar refractivity (Wildman–Crippen MR) is 75.6 cm³/mol. The largest absolute Gasteiger partial charge is 0.326 e. The number of H-pyrrole nitrogens is 1. The highest BCUT2D eigenvalue weighted by molar-refractivity contribution is 5.82. The molecule has 0 amide bonds. The van der Waals surface area contributed by atoms with Gasteiger partial charge < -0.3 is 4.98 Å². The third-order valence-electron chi connectivity index (χ3n) is 3.30. The van der Waals surface area contributed by atoms with Crippen LogP contribution in [0.1, 0.15) is 0 Å². The number of nitrogens with zero attached hydrogens (tertiary/aromatic N) is 2. The number of non-ortho nitro benzene ring substituents is 1. The summed E-state index contributed by atoms with van der Waals surface area (Å²) in [4.78, 5) is 24.7. The van der Waals surface area contributed by atoms with E-state index in [1.165, 1.54) is 16.7 Å². The Morgan fingerprint density at radius 2 is 1.90 bits per heavy atom. The molecule has 100 valence electrons. The van der Waals surface area contributed by atoms with Crippen LogP contribution in [0.2, 0.25) is 0 Å². The van der Waals surface area contributed by atoms with Crippen molar-refractivity contribution in [3.8, 4) is 11.1 Å². The van der Waals surface area contributed by atoms with Gasteiger partial charge in [-0.15, -0.1) is 0 Å². The van der Waals surface area contributed by atoms with Crippen molar-refractivity contribution in [3.63, 3.8) is 0 Å². The van der Waals surface area contributed by atoms with Crippen LogP contribution in [-0.2, 0) is 7.05 Å². The Balaban J connectivity index is 2.19. The number of nitrogens with one attached hydrogen (secondary N) is 1. The van der Waals surface area contributed by atoms with Gasteiger partial charge in [-0.05, 0) is 23.3 Å². The molecule has 0 aliphatic rings. The Bertz CT molecular complexity index is 877. The molecule has 0 atom stereocenters. The lowest BCUT2D eigenvalue weighted by atomic mass is 10.0. The van der Waals surface area contributed by atoms with E-state index in [2.05, 4.69) is 4.98 Å². The summed E-state index contributed by atoms with van der Waals surface area (Å²) in [6, 6.07) is 11.9. The summed E-state index contributed by atoms with van der Waals surface area (Å²) in [7, 11) is 1.68. The van der Waals surface area contributed by atoms with Gasteiger partial charge in [-0.25, -0.2) is 4.79 Å². The lowest BCUT2D eigenvalue weighted by Gasteiger charge is -2.02. The van der Waals surface area contributed by atoms with Crippen molar-refractivity contribution in [2.45, 2.75) is 0 Å². The zero-order valence-electron chi connectivity index (χ0n) is 10.7. The minimum absolute atomic E-state index is 0.0468. The predicted octanol–water partition coefficient (Wildman–Crippen LogP) is 2.44. The minimum Gasteiger partial charge on any atom is -0.306 e. The van der Waals surface area contributed by atoms with E-state index in [0.29, 0.717) is 0 Å². The van der Waals surface area contributed by atoms with Crippen LogP contribution in [0.3, 0.4) is 0 Å². The highest BCUT2D eigenvalue weighted by Gasteiger charge is 2.09. The van der Waals surface area contributed by atoms with Crippen LogP contribution in [0.15, 0.2) is 47.3 Å². The third kappa shape index (κ3) is 1.87. The summed E-state index contributed by atoms with van der Waals surface area (Å²) in [6.45, 7) is 0. The highest BCUT2D eigenvalue weighted by atomic mass is 16.6. The van der Waals surface area contributed by atoms with Crippen molar-refractivity contribution in [2.24, 2.45) is 7.05 Å². The second kappa shape index (κ2) is 4.34. The van der Waals surface area contributed by atoms with E-state index in [0.717, 1.165) is 22.2 Å². The number of aromatic amines is 1. The SMILES string of the molecule is Cn1c(=O)[nH]c2ccc(-c3cccc([N+](=O)[O-])c3)cc21. The molecule has 0 fully saturated rings. The number of hydrogen-bond acceptors (Lipinski definition) is 3. The molecule has 1 heterocycles. The molecule has 0 aliphatic carbocycles. The Labute approximate surface area is 113 Å². The minimum atomic E-state index is -0.423. The van der Waals surface area contributed by atoms with Crippen molar-refractivity contribution in [1.29, 1.82) is 0 Å². The number of nitro benzene ring substituents is 1. The second-order valence-corrected chi connectivity index (χ2v) is 4.53. The summed E-state index contributed by atoms with van der Waals surface area (Å²) in [5.41, 5.74) is 2.94. The summed E-state index contributed by atoms with van der Waals surface area (Å²) in [6.07, 6.45) is 0. The van der Waals surface area contributed by atoms with Gasteiger partial charge in [-0.2, -0.15) is 0 Å². The van der Waals surface area contributed by atoms with Crippen molar-refractivity contribution in [1.82, 2.24) is 9.55 Å². The zero-order valence-corrected chi connectivity index (χ0v) is 10.7. The molecule has 0 spiro atoms. The third-order valence-corrected chi connectivity index (χ3v) is 3.30. The molecule has 0 aliphatic heterocycles. The lowest BCUT2D eigenvalue weighted by molar-refractivity contribution is -0.384. The van der Waals surface area contributed by atoms with Gasteiger partial charge in [0.1, 0.15) is 0 Å². The van der Waals surface area contributed by atoms with E-state index in [1.807, 2.05) is 12.1 Å². The van der Waals surface area contributed by atoms with E-state index in [1.54, 1.807) is 25.2 Å². The van der Waals surface area contributed by atoms with Crippen molar-refractivity contribution < 1.29 is 4.92 Å². The molecule has 6 nitrogen and oxygen atoms in total. The number of fused-ring (bicyclic) bond motifs is 1. The van der Waals surface area contributed by atoms with Crippen LogP contribution in [0, 0.1) is 10.1 Å². The Kier molecular flexibility index (Phi) is 2.64. The molecule has 3 rings (SSSR count). The van der Waals surface area contributed by atoms with E-state index in [4.69, 9.17) is 0 Å². The van der Waals surface area contributed by atoms with Gasteiger partial charge in [-0.1, -0.05) is 18.2 Å². The lowest BCUT2D eigenvalue weighted by Crippen LogP contribution is -2.11.